The summed E-state index contributed by atoms with van der Waals surface area (Å²) in [6, 6.07) is 19.2. The highest BCUT2D eigenvalue weighted by Gasteiger charge is 2.47. The van der Waals surface area contributed by atoms with E-state index in [1.807, 2.05) is 50.2 Å². The highest BCUT2D eigenvalue weighted by atomic mass is 16.3. The van der Waals surface area contributed by atoms with Crippen LogP contribution in [0.3, 0.4) is 0 Å². The van der Waals surface area contributed by atoms with Crippen LogP contribution in [0.25, 0.3) is 5.76 Å². The van der Waals surface area contributed by atoms with Crippen molar-refractivity contribution < 1.29 is 14.7 Å². The van der Waals surface area contributed by atoms with Gasteiger partial charge in [-0.2, -0.15) is 0 Å². The second-order valence-electron chi connectivity index (χ2n) is 7.13. The number of rotatable bonds is 3. The van der Waals surface area contributed by atoms with E-state index in [0.717, 1.165) is 16.7 Å². The van der Waals surface area contributed by atoms with Gasteiger partial charge < -0.3 is 5.11 Å². The van der Waals surface area contributed by atoms with Gasteiger partial charge >= 0.3 is 5.91 Å². The Morgan fingerprint density at radius 3 is 2.10 bits per heavy atom. The van der Waals surface area contributed by atoms with Crippen LogP contribution in [-0.4, -0.2) is 21.8 Å². The molecule has 1 N–H and O–H groups in total. The number of aromatic nitrogens is 1. The highest BCUT2D eigenvalue weighted by molar-refractivity contribution is 6.51. The number of anilines is 1. The number of hydrogen-bond acceptors (Lipinski definition) is 4. The first-order valence-corrected chi connectivity index (χ1v) is 9.33. The van der Waals surface area contributed by atoms with Crippen LogP contribution in [-0.2, 0) is 9.59 Å². The summed E-state index contributed by atoms with van der Waals surface area (Å²) in [5.41, 5.74) is 3.38. The van der Waals surface area contributed by atoms with Gasteiger partial charge in [0, 0.05) is 11.8 Å². The molecule has 4 rings (SSSR count). The Balaban J connectivity index is 1.94. The molecule has 144 valence electrons. The number of carbonyl (C=O) groups excluding carboxylic acids is 2. The Bertz CT molecular complexity index is 1100. The predicted octanol–water partition coefficient (Wildman–Crippen LogP) is 4.32. The molecule has 2 heterocycles. The zero-order valence-electron chi connectivity index (χ0n) is 16.2. The Labute approximate surface area is 169 Å². The largest absolute Gasteiger partial charge is 0.507 e. The molecule has 1 aliphatic heterocycles. The number of Topliss-reactive ketones (excluding diaryl/α,β-unsaturated/α-hetero) is 1. The van der Waals surface area contributed by atoms with Crippen LogP contribution < -0.4 is 4.90 Å². The number of amides is 1. The maximum atomic E-state index is 13.0. The number of aryl methyl sites for hydroxylation is 2. The van der Waals surface area contributed by atoms with Gasteiger partial charge in [-0.05, 0) is 31.5 Å². The summed E-state index contributed by atoms with van der Waals surface area (Å²) in [7, 11) is 0. The van der Waals surface area contributed by atoms with Gasteiger partial charge in [0.15, 0.2) is 0 Å². The second-order valence-corrected chi connectivity index (χ2v) is 7.13. The Morgan fingerprint density at radius 2 is 1.52 bits per heavy atom. The van der Waals surface area contributed by atoms with Crippen molar-refractivity contribution >= 4 is 23.3 Å². The van der Waals surface area contributed by atoms with Gasteiger partial charge in [-0.15, -0.1) is 0 Å². The van der Waals surface area contributed by atoms with Gasteiger partial charge in [0.2, 0.25) is 0 Å². The maximum Gasteiger partial charge on any atom is 0.301 e. The first-order valence-electron chi connectivity index (χ1n) is 9.33. The minimum Gasteiger partial charge on any atom is -0.507 e. The van der Waals surface area contributed by atoms with Gasteiger partial charge in [0.1, 0.15) is 11.6 Å². The lowest BCUT2D eigenvalue weighted by atomic mass is 9.94. The number of pyridine rings is 1. The van der Waals surface area contributed by atoms with Gasteiger partial charge in [-0.3, -0.25) is 14.5 Å². The number of ketones is 1. The quantitative estimate of drug-likeness (QED) is 0.415. The molecule has 0 radical (unpaired) electrons. The topological polar surface area (TPSA) is 70.5 Å². The molecular formula is C24H20N2O3. The number of benzene rings is 2. The Kier molecular flexibility index (Phi) is 4.72. The van der Waals surface area contributed by atoms with Crippen LogP contribution in [0.4, 0.5) is 5.82 Å². The molecule has 29 heavy (non-hydrogen) atoms. The summed E-state index contributed by atoms with van der Waals surface area (Å²) >= 11 is 0. The summed E-state index contributed by atoms with van der Waals surface area (Å²) in [6.45, 7) is 3.90. The fourth-order valence-corrected chi connectivity index (χ4v) is 3.50. The molecule has 1 amide bonds. The average molecular weight is 384 g/mol. The molecule has 1 unspecified atom stereocenters. The summed E-state index contributed by atoms with van der Waals surface area (Å²) < 4.78 is 0. The minimum absolute atomic E-state index is 0.0633. The average Bonchev–Trinajstić information content (AvgIpc) is 3.00. The standard InChI is InChI=1S/C24H20N2O3/c1-15-6-10-17(11-7-15)21-20(22(27)18-12-8-16(2)9-13-18)23(28)24(29)26(21)19-5-3-4-14-25-19/h3-14,21,27H,1-2H3/b22-20+. The summed E-state index contributed by atoms with van der Waals surface area (Å²) in [5, 5.41) is 11.0. The third kappa shape index (κ3) is 3.31. The smallest absolute Gasteiger partial charge is 0.301 e. The van der Waals surface area contributed by atoms with Gasteiger partial charge in [0.25, 0.3) is 5.78 Å². The molecule has 1 saturated heterocycles. The highest BCUT2D eigenvalue weighted by Crippen LogP contribution is 2.41. The fourth-order valence-electron chi connectivity index (χ4n) is 3.50. The number of hydrogen-bond donors (Lipinski definition) is 1. The van der Waals surface area contributed by atoms with Crippen LogP contribution in [0, 0.1) is 13.8 Å². The third-order valence-electron chi connectivity index (χ3n) is 5.06. The molecule has 0 bridgehead atoms. The summed E-state index contributed by atoms with van der Waals surface area (Å²) in [6.07, 6.45) is 1.57. The van der Waals surface area contributed by atoms with Crippen molar-refractivity contribution in [1.29, 1.82) is 0 Å². The first kappa shape index (κ1) is 18.6. The number of carbonyl (C=O) groups is 2. The van der Waals surface area contributed by atoms with E-state index in [0.29, 0.717) is 11.4 Å². The molecule has 1 aromatic heterocycles. The zero-order valence-corrected chi connectivity index (χ0v) is 16.2. The molecule has 0 saturated carbocycles. The normalized spacial score (nSPS) is 18.3. The monoisotopic (exact) mass is 384 g/mol. The molecule has 0 spiro atoms. The summed E-state index contributed by atoms with van der Waals surface area (Å²) in [4.78, 5) is 31.6. The molecule has 0 aliphatic carbocycles. The van der Waals surface area contributed by atoms with Gasteiger partial charge in [-0.25, -0.2) is 4.98 Å². The van der Waals surface area contributed by atoms with Crippen LogP contribution >= 0.6 is 0 Å². The van der Waals surface area contributed by atoms with Crippen molar-refractivity contribution in [3.8, 4) is 0 Å². The van der Waals surface area contributed by atoms with Crippen molar-refractivity contribution in [2.45, 2.75) is 19.9 Å². The minimum atomic E-state index is -0.758. The van der Waals surface area contributed by atoms with E-state index in [1.165, 1.54) is 4.90 Å². The predicted molar refractivity (Wildman–Crippen MR) is 111 cm³/mol. The lowest BCUT2D eigenvalue weighted by molar-refractivity contribution is -0.132. The zero-order chi connectivity index (χ0) is 20.5. The lowest BCUT2D eigenvalue weighted by Crippen LogP contribution is -2.30. The number of aliphatic hydroxyl groups excluding tert-OH is 1. The van der Waals surface area contributed by atoms with Gasteiger partial charge in [-0.1, -0.05) is 65.7 Å². The van der Waals surface area contributed by atoms with E-state index in [-0.39, 0.29) is 11.3 Å². The molecule has 2 aromatic carbocycles. The molecule has 5 nitrogen and oxygen atoms in total. The Hall–Kier alpha value is -3.73. The first-order chi connectivity index (χ1) is 14.0. The third-order valence-corrected chi connectivity index (χ3v) is 5.06. The molecule has 1 atom stereocenters. The number of nitrogens with zero attached hydrogens (tertiary/aromatic N) is 2. The van der Waals surface area contributed by atoms with Gasteiger partial charge in [0.05, 0.1) is 11.6 Å². The molecular weight excluding hydrogens is 364 g/mol. The van der Waals surface area contributed by atoms with E-state index in [1.54, 1.807) is 36.5 Å². The van der Waals surface area contributed by atoms with Crippen LogP contribution in [0.2, 0.25) is 0 Å². The van der Waals surface area contributed by atoms with Crippen molar-refractivity contribution in [2.75, 3.05) is 4.90 Å². The van der Waals surface area contributed by atoms with E-state index in [9.17, 15) is 14.7 Å². The molecule has 1 aliphatic rings. The molecule has 1 fully saturated rings. The van der Waals surface area contributed by atoms with Crippen molar-refractivity contribution in [3.63, 3.8) is 0 Å². The van der Waals surface area contributed by atoms with E-state index >= 15 is 0 Å². The van der Waals surface area contributed by atoms with Crippen molar-refractivity contribution in [2.24, 2.45) is 0 Å². The van der Waals surface area contributed by atoms with E-state index < -0.39 is 17.7 Å². The Morgan fingerprint density at radius 1 is 0.897 bits per heavy atom. The number of aliphatic hydroxyl groups is 1. The van der Waals surface area contributed by atoms with Crippen LogP contribution in [0.5, 0.6) is 0 Å². The molecule has 5 heteroatoms. The lowest BCUT2D eigenvalue weighted by Gasteiger charge is -2.24. The van der Waals surface area contributed by atoms with Crippen LogP contribution in [0.15, 0.2) is 78.5 Å². The second kappa shape index (κ2) is 7.36. The summed E-state index contributed by atoms with van der Waals surface area (Å²) in [5.74, 6) is -1.25. The molecule has 3 aromatic rings. The fraction of sp³-hybridized carbons (Fsp3) is 0.125. The maximum absolute atomic E-state index is 13.0. The van der Waals surface area contributed by atoms with E-state index in [2.05, 4.69) is 4.98 Å². The SMILES string of the molecule is Cc1ccc(/C(O)=C2\C(=O)C(=O)N(c3ccccn3)C2c2ccc(C)cc2)cc1. The van der Waals surface area contributed by atoms with Crippen molar-refractivity contribution in [3.05, 3.63) is 101 Å². The van der Waals surface area contributed by atoms with Crippen molar-refractivity contribution in [1.82, 2.24) is 4.98 Å². The van der Waals surface area contributed by atoms with Crippen LogP contribution in [0.1, 0.15) is 28.3 Å². The van der Waals surface area contributed by atoms with E-state index in [4.69, 9.17) is 0 Å².